The Labute approximate surface area is 172 Å². The molecule has 7 heteroatoms. The first-order chi connectivity index (χ1) is 12.3. The third kappa shape index (κ3) is 3.87. The van der Waals surface area contributed by atoms with Crippen molar-refractivity contribution in [3.8, 4) is 5.69 Å². The van der Waals surface area contributed by atoms with Crippen LogP contribution in [-0.4, -0.2) is 45.8 Å². The Morgan fingerprint density at radius 3 is 2.69 bits per heavy atom. The van der Waals surface area contributed by atoms with Crippen LogP contribution >= 0.6 is 24.0 Å². The second-order valence-corrected chi connectivity index (χ2v) is 7.23. The second-order valence-electron chi connectivity index (χ2n) is 7.23. The molecule has 1 aliphatic carbocycles. The van der Waals surface area contributed by atoms with Gasteiger partial charge in [-0.2, -0.15) is 0 Å². The van der Waals surface area contributed by atoms with Gasteiger partial charge in [0.2, 0.25) is 0 Å². The summed E-state index contributed by atoms with van der Waals surface area (Å²) in [4.78, 5) is 6.91. The fourth-order valence-corrected chi connectivity index (χ4v) is 4.32. The van der Waals surface area contributed by atoms with Crippen molar-refractivity contribution in [2.45, 2.75) is 38.6 Å². The van der Waals surface area contributed by atoms with Crippen LogP contribution in [0.25, 0.3) is 5.69 Å². The van der Waals surface area contributed by atoms with Crippen LogP contribution in [0.2, 0.25) is 0 Å². The molecular formula is C19H27IN6. The number of benzene rings is 1. The summed E-state index contributed by atoms with van der Waals surface area (Å²) in [5, 5.41) is 11.8. The molecule has 0 atom stereocenters. The van der Waals surface area contributed by atoms with Gasteiger partial charge < -0.3 is 10.2 Å². The molecule has 1 spiro atoms. The lowest BCUT2D eigenvalue weighted by molar-refractivity contribution is 0.309. The largest absolute Gasteiger partial charge is 0.349 e. The predicted molar refractivity (Wildman–Crippen MR) is 114 cm³/mol. The number of likely N-dealkylation sites (tertiary alicyclic amines) is 1. The van der Waals surface area contributed by atoms with Gasteiger partial charge in [0.05, 0.1) is 6.54 Å². The Morgan fingerprint density at radius 2 is 1.96 bits per heavy atom. The lowest BCUT2D eigenvalue weighted by atomic mass is 9.86. The van der Waals surface area contributed by atoms with Crippen LogP contribution in [0.3, 0.4) is 0 Å². The number of hydrogen-bond donors (Lipinski definition) is 1. The first-order valence-electron chi connectivity index (χ1n) is 9.20. The van der Waals surface area contributed by atoms with Gasteiger partial charge in [0.1, 0.15) is 6.33 Å². The molecule has 6 nitrogen and oxygen atoms in total. The quantitative estimate of drug-likeness (QED) is 0.429. The molecule has 26 heavy (non-hydrogen) atoms. The zero-order valence-electron chi connectivity index (χ0n) is 15.3. The van der Waals surface area contributed by atoms with E-state index in [1.54, 1.807) is 6.33 Å². The van der Waals surface area contributed by atoms with Crippen molar-refractivity contribution < 1.29 is 0 Å². The third-order valence-corrected chi connectivity index (χ3v) is 5.67. The fourth-order valence-electron chi connectivity index (χ4n) is 4.32. The first kappa shape index (κ1) is 19.1. The molecule has 2 aliphatic rings. The van der Waals surface area contributed by atoms with E-state index >= 15 is 0 Å². The van der Waals surface area contributed by atoms with E-state index in [9.17, 15) is 0 Å². The Bertz CT molecular complexity index is 735. The minimum atomic E-state index is 0. The number of hydrogen-bond acceptors (Lipinski definition) is 3. The molecule has 1 aliphatic heterocycles. The van der Waals surface area contributed by atoms with Crippen LogP contribution in [0.5, 0.6) is 0 Å². The summed E-state index contributed by atoms with van der Waals surface area (Å²) in [6.07, 6.45) is 8.60. The molecule has 2 aromatic rings. The summed E-state index contributed by atoms with van der Waals surface area (Å²) in [5.41, 5.74) is 1.62. The Hall–Kier alpha value is -1.64. The number of aromatic nitrogens is 3. The topological polar surface area (TPSA) is 58.3 Å². The normalized spacial score (nSPS) is 19.0. The molecule has 140 valence electrons. The smallest absolute Gasteiger partial charge is 0.194 e. The maximum Gasteiger partial charge on any atom is 0.194 e. The van der Waals surface area contributed by atoms with Gasteiger partial charge in [-0.1, -0.05) is 31.0 Å². The standard InChI is InChI=1S/C19H26N6.HI/c1-20-18(24-12-11-19(14-24)9-5-6-10-19)21-13-17-23-22-15-25(17)16-7-3-2-4-8-16;/h2-4,7-8,15H,5-6,9-14H2,1H3,(H,20,21);1H. The van der Waals surface area contributed by atoms with E-state index in [0.29, 0.717) is 12.0 Å². The van der Waals surface area contributed by atoms with Crippen LogP contribution in [-0.2, 0) is 6.54 Å². The number of guanidine groups is 1. The number of aliphatic imine (C=N–C) groups is 1. The molecular weight excluding hydrogens is 439 g/mol. The zero-order valence-corrected chi connectivity index (χ0v) is 17.6. The van der Waals surface area contributed by atoms with Crippen molar-refractivity contribution in [2.75, 3.05) is 20.1 Å². The summed E-state index contributed by atoms with van der Waals surface area (Å²) in [5.74, 6) is 1.87. The van der Waals surface area contributed by atoms with Gasteiger partial charge >= 0.3 is 0 Å². The molecule has 1 saturated heterocycles. The molecule has 0 bridgehead atoms. The Kier molecular flexibility index (Phi) is 6.16. The van der Waals surface area contributed by atoms with Gasteiger partial charge in [0, 0.05) is 25.8 Å². The molecule has 1 aromatic heterocycles. The van der Waals surface area contributed by atoms with Gasteiger partial charge in [-0.15, -0.1) is 34.2 Å². The maximum absolute atomic E-state index is 4.50. The molecule has 0 radical (unpaired) electrons. The SMILES string of the molecule is CN=C(NCc1nncn1-c1ccccc1)N1CCC2(CCCC2)C1.I. The van der Waals surface area contributed by atoms with Crippen molar-refractivity contribution >= 4 is 29.9 Å². The van der Waals surface area contributed by atoms with E-state index in [2.05, 4.69) is 37.5 Å². The van der Waals surface area contributed by atoms with E-state index in [-0.39, 0.29) is 24.0 Å². The van der Waals surface area contributed by atoms with E-state index in [1.165, 1.54) is 32.1 Å². The highest BCUT2D eigenvalue weighted by Gasteiger charge is 2.41. The lowest BCUT2D eigenvalue weighted by Crippen LogP contribution is -2.41. The molecule has 1 saturated carbocycles. The summed E-state index contributed by atoms with van der Waals surface area (Å²) in [6.45, 7) is 2.86. The molecule has 0 amide bonds. The highest BCUT2D eigenvalue weighted by atomic mass is 127. The number of nitrogens with zero attached hydrogens (tertiary/aromatic N) is 5. The van der Waals surface area contributed by atoms with Crippen molar-refractivity contribution in [1.82, 2.24) is 25.0 Å². The van der Waals surface area contributed by atoms with Crippen LogP contribution in [0, 0.1) is 5.41 Å². The molecule has 4 rings (SSSR count). The maximum atomic E-state index is 4.50. The zero-order chi connectivity index (χ0) is 17.1. The van der Waals surface area contributed by atoms with Gasteiger partial charge in [0.25, 0.3) is 0 Å². The van der Waals surface area contributed by atoms with E-state index in [4.69, 9.17) is 0 Å². The predicted octanol–water partition coefficient (Wildman–Crippen LogP) is 3.23. The number of halogens is 1. The summed E-state index contributed by atoms with van der Waals surface area (Å²) >= 11 is 0. The van der Waals surface area contributed by atoms with Crippen molar-refractivity contribution in [1.29, 1.82) is 0 Å². The Balaban J connectivity index is 0.00000196. The summed E-state index contributed by atoms with van der Waals surface area (Å²) < 4.78 is 2.02. The Morgan fingerprint density at radius 1 is 1.19 bits per heavy atom. The van der Waals surface area contributed by atoms with E-state index < -0.39 is 0 Å². The number of nitrogens with one attached hydrogen (secondary N) is 1. The summed E-state index contributed by atoms with van der Waals surface area (Å²) in [6, 6.07) is 10.2. The lowest BCUT2D eigenvalue weighted by Gasteiger charge is -2.25. The van der Waals surface area contributed by atoms with Crippen LogP contribution in [0.1, 0.15) is 37.9 Å². The number of para-hydroxylation sites is 1. The molecule has 2 fully saturated rings. The highest BCUT2D eigenvalue weighted by Crippen LogP contribution is 2.45. The van der Waals surface area contributed by atoms with Crippen LogP contribution in [0.4, 0.5) is 0 Å². The third-order valence-electron chi connectivity index (χ3n) is 5.67. The van der Waals surface area contributed by atoms with Gasteiger partial charge in [-0.25, -0.2) is 0 Å². The van der Waals surface area contributed by atoms with E-state index in [0.717, 1.165) is 30.6 Å². The molecule has 1 N–H and O–H groups in total. The summed E-state index contributed by atoms with van der Waals surface area (Å²) in [7, 11) is 1.86. The van der Waals surface area contributed by atoms with Crippen molar-refractivity contribution in [3.05, 3.63) is 42.5 Å². The monoisotopic (exact) mass is 466 g/mol. The fraction of sp³-hybridized carbons (Fsp3) is 0.526. The molecule has 2 heterocycles. The number of rotatable bonds is 3. The van der Waals surface area contributed by atoms with Gasteiger partial charge in [-0.05, 0) is 36.8 Å². The van der Waals surface area contributed by atoms with Crippen LogP contribution in [0.15, 0.2) is 41.7 Å². The van der Waals surface area contributed by atoms with E-state index in [1.807, 2.05) is 29.8 Å². The van der Waals surface area contributed by atoms with Gasteiger partial charge in [0.15, 0.2) is 11.8 Å². The minimum absolute atomic E-state index is 0. The molecule has 1 aromatic carbocycles. The van der Waals surface area contributed by atoms with Crippen LogP contribution < -0.4 is 5.32 Å². The molecule has 0 unspecified atom stereocenters. The average Bonchev–Trinajstić information content (AvgIpc) is 3.39. The van der Waals surface area contributed by atoms with Crippen molar-refractivity contribution in [3.63, 3.8) is 0 Å². The van der Waals surface area contributed by atoms with Gasteiger partial charge in [-0.3, -0.25) is 9.56 Å². The van der Waals surface area contributed by atoms with Crippen molar-refractivity contribution in [2.24, 2.45) is 10.4 Å². The minimum Gasteiger partial charge on any atom is -0.349 e. The highest BCUT2D eigenvalue weighted by molar-refractivity contribution is 14.0. The average molecular weight is 466 g/mol. The second kappa shape index (κ2) is 8.37. The first-order valence-corrected chi connectivity index (χ1v) is 9.20.